The van der Waals surface area contributed by atoms with E-state index in [0.29, 0.717) is 16.9 Å². The lowest BCUT2D eigenvalue weighted by Gasteiger charge is -2.11. The summed E-state index contributed by atoms with van der Waals surface area (Å²) in [5, 5.41) is 14.7. The number of ether oxygens (including phenoxy) is 1. The van der Waals surface area contributed by atoms with Gasteiger partial charge in [-0.15, -0.1) is 0 Å². The minimum atomic E-state index is -4.27. The van der Waals surface area contributed by atoms with Gasteiger partial charge in [0.2, 0.25) is 5.91 Å². The highest BCUT2D eigenvalue weighted by Crippen LogP contribution is 2.26. The van der Waals surface area contributed by atoms with E-state index >= 15 is 0 Å². The minimum absolute atomic E-state index is 0.0993. The molecular weight excluding hydrogens is 510 g/mol. The Kier molecular flexibility index (Phi) is 8.97. The van der Waals surface area contributed by atoms with Gasteiger partial charge in [-0.25, -0.2) is 4.79 Å². The minimum Gasteiger partial charge on any atom is -0.462 e. The first kappa shape index (κ1) is 27.6. The van der Waals surface area contributed by atoms with Gasteiger partial charge in [0.05, 0.1) is 12.2 Å². The average Bonchev–Trinajstić information content (AvgIpc) is 2.88. The molecule has 0 aromatic heterocycles. The number of hydrogen-bond acceptors (Lipinski definition) is 8. The van der Waals surface area contributed by atoms with Crippen LogP contribution in [0, 0.1) is 11.3 Å². The van der Waals surface area contributed by atoms with Gasteiger partial charge in [0.15, 0.2) is 0 Å². The Hall–Kier alpha value is -4.95. The zero-order valence-corrected chi connectivity index (χ0v) is 21.2. The summed E-state index contributed by atoms with van der Waals surface area (Å²) in [5.74, 6) is -1.65. The highest BCUT2D eigenvalue weighted by Gasteiger charge is 2.19. The molecule has 0 saturated carbocycles. The number of nitriles is 1. The molecule has 0 bridgehead atoms. The number of benzene rings is 3. The molecule has 0 unspecified atom stereocenters. The standard InChI is InChI=1S/C27H23N3O7S/c1-3-36-27(33)19-8-10-23(11-9-19)30-26(32)21(17-28)16-20-6-4-5-7-25(20)37-38(34,35)24-14-12-22(13-15-24)29-18(2)31/h4-16H,3H2,1-2H3,(H,29,31)(H,30,32)/b21-16+. The molecule has 3 aromatic rings. The van der Waals surface area contributed by atoms with Crippen molar-refractivity contribution in [3.8, 4) is 11.8 Å². The van der Waals surface area contributed by atoms with Gasteiger partial charge < -0.3 is 19.6 Å². The van der Waals surface area contributed by atoms with Crippen LogP contribution in [0.2, 0.25) is 0 Å². The molecule has 194 valence electrons. The maximum Gasteiger partial charge on any atom is 0.339 e. The maximum absolute atomic E-state index is 12.8. The molecule has 0 aliphatic rings. The van der Waals surface area contributed by atoms with Crippen molar-refractivity contribution in [1.29, 1.82) is 5.26 Å². The van der Waals surface area contributed by atoms with Crippen LogP contribution in [-0.4, -0.2) is 32.8 Å². The molecule has 10 nitrogen and oxygen atoms in total. The fourth-order valence-electron chi connectivity index (χ4n) is 3.16. The molecule has 3 rings (SSSR count). The van der Waals surface area contributed by atoms with Crippen LogP contribution in [0.5, 0.6) is 5.75 Å². The van der Waals surface area contributed by atoms with E-state index in [4.69, 9.17) is 8.92 Å². The van der Waals surface area contributed by atoms with Crippen molar-refractivity contribution in [1.82, 2.24) is 0 Å². The van der Waals surface area contributed by atoms with Crippen molar-refractivity contribution in [2.45, 2.75) is 18.7 Å². The van der Waals surface area contributed by atoms with Crippen molar-refractivity contribution in [3.05, 3.63) is 89.5 Å². The molecule has 0 atom stereocenters. The SMILES string of the molecule is CCOC(=O)c1ccc(NC(=O)/C(C#N)=C/c2ccccc2OS(=O)(=O)c2ccc(NC(C)=O)cc2)cc1. The largest absolute Gasteiger partial charge is 0.462 e. The van der Waals surface area contributed by atoms with Crippen LogP contribution < -0.4 is 14.8 Å². The van der Waals surface area contributed by atoms with E-state index in [1.54, 1.807) is 25.1 Å². The quantitative estimate of drug-likeness (QED) is 0.180. The second kappa shape index (κ2) is 12.3. The second-order valence-electron chi connectivity index (χ2n) is 7.70. The summed E-state index contributed by atoms with van der Waals surface area (Å²) in [7, 11) is -4.27. The Labute approximate surface area is 219 Å². The van der Waals surface area contributed by atoms with Crippen LogP contribution in [0.3, 0.4) is 0 Å². The number of carbonyl (C=O) groups excluding carboxylic acids is 3. The summed E-state index contributed by atoms with van der Waals surface area (Å²) in [6, 6.07) is 19.1. The van der Waals surface area contributed by atoms with Gasteiger partial charge in [-0.1, -0.05) is 18.2 Å². The lowest BCUT2D eigenvalue weighted by atomic mass is 10.1. The Balaban J connectivity index is 1.80. The van der Waals surface area contributed by atoms with Crippen LogP contribution in [0.25, 0.3) is 6.08 Å². The van der Waals surface area contributed by atoms with Gasteiger partial charge in [0, 0.05) is 23.9 Å². The summed E-state index contributed by atoms with van der Waals surface area (Å²) in [6.07, 6.45) is 1.20. The molecule has 0 radical (unpaired) electrons. The summed E-state index contributed by atoms with van der Waals surface area (Å²) in [6.45, 7) is 3.24. The van der Waals surface area contributed by atoms with Crippen molar-refractivity contribution in [2.24, 2.45) is 0 Å². The first-order chi connectivity index (χ1) is 18.1. The Bertz CT molecular complexity index is 1520. The van der Waals surface area contributed by atoms with E-state index in [-0.39, 0.29) is 34.3 Å². The van der Waals surface area contributed by atoms with Crippen LogP contribution >= 0.6 is 0 Å². The smallest absolute Gasteiger partial charge is 0.339 e. The Morgan fingerprint density at radius 1 is 0.921 bits per heavy atom. The summed E-state index contributed by atoms with van der Waals surface area (Å²) in [4.78, 5) is 35.5. The number of nitrogens with zero attached hydrogens (tertiary/aromatic N) is 1. The number of para-hydroxylation sites is 1. The van der Waals surface area contributed by atoms with Crippen molar-refractivity contribution < 1.29 is 31.7 Å². The zero-order valence-electron chi connectivity index (χ0n) is 20.4. The third kappa shape index (κ3) is 7.28. The molecule has 0 saturated heterocycles. The van der Waals surface area contributed by atoms with Gasteiger partial charge in [-0.2, -0.15) is 13.7 Å². The highest BCUT2D eigenvalue weighted by atomic mass is 32.2. The van der Waals surface area contributed by atoms with Crippen LogP contribution in [0.15, 0.2) is 83.3 Å². The molecule has 0 heterocycles. The first-order valence-corrected chi connectivity index (χ1v) is 12.6. The number of amides is 2. The van der Waals surface area contributed by atoms with E-state index in [1.165, 1.54) is 73.7 Å². The first-order valence-electron chi connectivity index (χ1n) is 11.2. The number of esters is 1. The molecule has 3 aromatic carbocycles. The third-order valence-corrected chi connectivity index (χ3v) is 6.15. The Morgan fingerprint density at radius 2 is 1.53 bits per heavy atom. The highest BCUT2D eigenvalue weighted by molar-refractivity contribution is 7.87. The number of anilines is 2. The van der Waals surface area contributed by atoms with Crippen molar-refractivity contribution >= 4 is 45.4 Å². The van der Waals surface area contributed by atoms with E-state index in [9.17, 15) is 28.1 Å². The van der Waals surface area contributed by atoms with E-state index in [1.807, 2.05) is 0 Å². The second-order valence-corrected chi connectivity index (χ2v) is 9.25. The van der Waals surface area contributed by atoms with Gasteiger partial charge >= 0.3 is 16.1 Å². The van der Waals surface area contributed by atoms with Gasteiger partial charge in [0.25, 0.3) is 5.91 Å². The van der Waals surface area contributed by atoms with Gasteiger partial charge in [0.1, 0.15) is 22.3 Å². The fraction of sp³-hybridized carbons (Fsp3) is 0.111. The summed E-state index contributed by atoms with van der Waals surface area (Å²) < 4.78 is 35.9. The summed E-state index contributed by atoms with van der Waals surface area (Å²) in [5.41, 5.74) is 0.917. The molecule has 2 N–H and O–H groups in total. The van der Waals surface area contributed by atoms with Crippen molar-refractivity contribution in [3.63, 3.8) is 0 Å². The predicted octanol–water partition coefficient (Wildman–Crippen LogP) is 4.14. The topological polar surface area (TPSA) is 152 Å². The maximum atomic E-state index is 12.8. The lowest BCUT2D eigenvalue weighted by Crippen LogP contribution is -2.14. The predicted molar refractivity (Wildman–Crippen MR) is 140 cm³/mol. The number of rotatable bonds is 9. The van der Waals surface area contributed by atoms with E-state index in [0.717, 1.165) is 0 Å². The zero-order chi connectivity index (χ0) is 27.7. The molecule has 2 amide bonds. The monoisotopic (exact) mass is 533 g/mol. The van der Waals surface area contributed by atoms with E-state index in [2.05, 4.69) is 10.6 Å². The average molecular weight is 534 g/mol. The Morgan fingerprint density at radius 3 is 2.13 bits per heavy atom. The van der Waals surface area contributed by atoms with Crippen LogP contribution in [0.1, 0.15) is 29.8 Å². The molecule has 11 heteroatoms. The van der Waals surface area contributed by atoms with Crippen LogP contribution in [0.4, 0.5) is 11.4 Å². The lowest BCUT2D eigenvalue weighted by molar-refractivity contribution is -0.114. The fourth-order valence-corrected chi connectivity index (χ4v) is 4.11. The number of nitrogens with one attached hydrogen (secondary N) is 2. The molecule has 0 fully saturated rings. The number of carbonyl (C=O) groups is 3. The molecule has 0 aliphatic heterocycles. The molecule has 38 heavy (non-hydrogen) atoms. The summed E-state index contributed by atoms with van der Waals surface area (Å²) >= 11 is 0. The van der Waals surface area contributed by atoms with E-state index < -0.39 is 22.0 Å². The van der Waals surface area contributed by atoms with Gasteiger partial charge in [-0.3, -0.25) is 9.59 Å². The normalized spacial score (nSPS) is 11.1. The molecular formula is C27H23N3O7S. The van der Waals surface area contributed by atoms with Gasteiger partial charge in [-0.05, 0) is 67.6 Å². The van der Waals surface area contributed by atoms with Crippen LogP contribution in [-0.2, 0) is 24.4 Å². The van der Waals surface area contributed by atoms with Crippen molar-refractivity contribution in [2.75, 3.05) is 17.2 Å². The third-order valence-electron chi connectivity index (χ3n) is 4.90. The number of hydrogen-bond donors (Lipinski definition) is 2. The molecule has 0 spiro atoms. The molecule has 0 aliphatic carbocycles.